The summed E-state index contributed by atoms with van der Waals surface area (Å²) in [5, 5.41) is 9.52. The fourth-order valence-corrected chi connectivity index (χ4v) is 2.19. The second-order valence-electron chi connectivity index (χ2n) is 5.09. The molecule has 3 N–H and O–H groups in total. The maximum absolute atomic E-state index is 12.3. The van der Waals surface area contributed by atoms with Gasteiger partial charge in [-0.2, -0.15) is 0 Å². The molecule has 1 amide bonds. The molecule has 0 spiro atoms. The lowest BCUT2D eigenvalue weighted by molar-refractivity contribution is 0.102. The quantitative estimate of drug-likeness (QED) is 0.552. The molecule has 6 nitrogen and oxygen atoms in total. The Balaban J connectivity index is 2.03. The maximum atomic E-state index is 12.3. The van der Waals surface area contributed by atoms with E-state index in [1.54, 1.807) is 31.6 Å². The molecular weight excluding hydrogens is 324 g/mol. The lowest BCUT2D eigenvalue weighted by Crippen LogP contribution is -2.31. The van der Waals surface area contributed by atoms with Crippen molar-refractivity contribution in [1.29, 1.82) is 0 Å². The molecule has 2 aromatic rings. The number of rotatable bonds is 6. The molecule has 0 aliphatic carbocycles. The highest BCUT2D eigenvalue weighted by atomic mass is 32.1. The summed E-state index contributed by atoms with van der Waals surface area (Å²) in [5.74, 6) is -0.182. The smallest absolute Gasteiger partial charge is 0.255 e. The predicted octanol–water partition coefficient (Wildman–Crippen LogP) is 2.58. The van der Waals surface area contributed by atoms with Crippen LogP contribution in [0.3, 0.4) is 0 Å². The monoisotopic (exact) mass is 344 g/mol. The van der Waals surface area contributed by atoms with Gasteiger partial charge in [-0.3, -0.25) is 9.78 Å². The molecule has 0 fully saturated rings. The fraction of sp³-hybridized carbons (Fsp3) is 0.235. The molecule has 2 rings (SSSR count). The van der Waals surface area contributed by atoms with Crippen molar-refractivity contribution in [3.05, 3.63) is 53.9 Å². The molecule has 7 heteroatoms. The van der Waals surface area contributed by atoms with E-state index in [2.05, 4.69) is 20.9 Å². The molecular formula is C17H20N4O2S. The zero-order valence-electron chi connectivity index (χ0n) is 13.6. The molecule has 0 aliphatic heterocycles. The van der Waals surface area contributed by atoms with Crippen molar-refractivity contribution < 1.29 is 9.53 Å². The minimum absolute atomic E-state index is 0.182. The molecule has 0 saturated carbocycles. The number of carbonyl (C=O) groups is 1. The Morgan fingerprint density at radius 2 is 1.96 bits per heavy atom. The first-order valence-electron chi connectivity index (χ1n) is 7.46. The van der Waals surface area contributed by atoms with Crippen LogP contribution in [0.4, 0.5) is 11.4 Å². The summed E-state index contributed by atoms with van der Waals surface area (Å²) >= 11 is 5.22. The van der Waals surface area contributed by atoms with Gasteiger partial charge in [-0.25, -0.2) is 0 Å². The number of hydrogen-bond acceptors (Lipinski definition) is 4. The summed E-state index contributed by atoms with van der Waals surface area (Å²) in [4.78, 5) is 16.2. The van der Waals surface area contributed by atoms with Gasteiger partial charge in [0.15, 0.2) is 5.11 Å². The maximum Gasteiger partial charge on any atom is 0.255 e. The zero-order chi connectivity index (χ0) is 17.4. The lowest BCUT2D eigenvalue weighted by Gasteiger charge is -2.13. The van der Waals surface area contributed by atoms with Crippen LogP contribution >= 0.6 is 12.2 Å². The van der Waals surface area contributed by atoms with Crippen molar-refractivity contribution in [3.8, 4) is 0 Å². The van der Waals surface area contributed by atoms with Crippen molar-refractivity contribution in [1.82, 2.24) is 10.3 Å². The highest BCUT2D eigenvalue weighted by molar-refractivity contribution is 7.80. The number of methoxy groups -OCH3 is 1. The Hall–Kier alpha value is -2.51. The van der Waals surface area contributed by atoms with E-state index in [0.717, 1.165) is 16.9 Å². The number of benzene rings is 1. The number of anilines is 2. The molecule has 0 bridgehead atoms. The minimum Gasteiger partial charge on any atom is -0.383 e. The van der Waals surface area contributed by atoms with E-state index in [0.29, 0.717) is 23.8 Å². The highest BCUT2D eigenvalue weighted by Crippen LogP contribution is 2.21. The van der Waals surface area contributed by atoms with Gasteiger partial charge in [0, 0.05) is 43.0 Å². The van der Waals surface area contributed by atoms with E-state index in [4.69, 9.17) is 17.0 Å². The van der Waals surface area contributed by atoms with Gasteiger partial charge in [-0.05, 0) is 49.0 Å². The summed E-state index contributed by atoms with van der Waals surface area (Å²) < 4.78 is 4.96. The molecule has 0 aliphatic rings. The first-order valence-corrected chi connectivity index (χ1v) is 7.87. The molecule has 24 heavy (non-hydrogen) atoms. The van der Waals surface area contributed by atoms with E-state index >= 15 is 0 Å². The van der Waals surface area contributed by atoms with Crippen molar-refractivity contribution in [2.24, 2.45) is 0 Å². The molecule has 0 atom stereocenters. The first kappa shape index (κ1) is 17.8. The van der Waals surface area contributed by atoms with Crippen molar-refractivity contribution in [3.63, 3.8) is 0 Å². The average molecular weight is 344 g/mol. The molecule has 126 valence electrons. The molecule has 1 aromatic heterocycles. The van der Waals surface area contributed by atoms with E-state index < -0.39 is 0 Å². The number of carbonyl (C=O) groups excluding carboxylic acids is 1. The molecule has 0 radical (unpaired) electrons. The first-order chi connectivity index (χ1) is 11.6. The Bertz CT molecular complexity index is 707. The Morgan fingerprint density at radius 1 is 1.21 bits per heavy atom. The number of nitrogens with zero attached hydrogens (tertiary/aromatic N) is 1. The van der Waals surface area contributed by atoms with E-state index in [-0.39, 0.29) is 5.91 Å². The van der Waals surface area contributed by atoms with Gasteiger partial charge in [0.05, 0.1) is 6.61 Å². The van der Waals surface area contributed by atoms with Crippen LogP contribution < -0.4 is 16.0 Å². The Kier molecular flexibility index (Phi) is 6.65. The summed E-state index contributed by atoms with van der Waals surface area (Å²) in [7, 11) is 1.63. The van der Waals surface area contributed by atoms with Gasteiger partial charge in [-0.1, -0.05) is 6.07 Å². The van der Waals surface area contributed by atoms with Crippen molar-refractivity contribution in [2.75, 3.05) is 30.9 Å². The number of hydrogen-bond donors (Lipinski definition) is 3. The van der Waals surface area contributed by atoms with Crippen LogP contribution in [-0.4, -0.2) is 36.3 Å². The average Bonchev–Trinajstić information content (AvgIpc) is 2.59. The minimum atomic E-state index is -0.182. The van der Waals surface area contributed by atoms with Crippen LogP contribution in [0.25, 0.3) is 0 Å². The number of aryl methyl sites for hydroxylation is 1. The standard InChI is InChI=1S/C17H20N4O2S/c1-12-3-4-14(20-17(24)19-9-10-23-2)11-15(12)21-16(22)13-5-7-18-8-6-13/h3-8,11H,9-10H2,1-2H3,(H,21,22)(H2,19,20,24). The molecule has 1 heterocycles. The van der Waals surface area contributed by atoms with Gasteiger partial charge < -0.3 is 20.7 Å². The summed E-state index contributed by atoms with van der Waals surface area (Å²) in [5.41, 5.74) is 3.03. The topological polar surface area (TPSA) is 75.3 Å². The summed E-state index contributed by atoms with van der Waals surface area (Å²) in [6.45, 7) is 3.13. The van der Waals surface area contributed by atoms with Crippen LogP contribution in [0, 0.1) is 6.92 Å². The molecule has 0 saturated heterocycles. The van der Waals surface area contributed by atoms with Crippen molar-refractivity contribution in [2.45, 2.75) is 6.92 Å². The van der Waals surface area contributed by atoms with Crippen LogP contribution in [0.1, 0.15) is 15.9 Å². The normalized spacial score (nSPS) is 10.1. The van der Waals surface area contributed by atoms with Gasteiger partial charge in [0.25, 0.3) is 5.91 Å². The number of amides is 1. The number of thiocarbonyl (C=S) groups is 1. The van der Waals surface area contributed by atoms with Crippen LogP contribution in [0.15, 0.2) is 42.7 Å². The number of aromatic nitrogens is 1. The second kappa shape index (κ2) is 8.95. The lowest BCUT2D eigenvalue weighted by atomic mass is 10.1. The Labute approximate surface area is 146 Å². The number of ether oxygens (including phenoxy) is 1. The summed E-state index contributed by atoms with van der Waals surface area (Å²) in [6, 6.07) is 9.01. The second-order valence-corrected chi connectivity index (χ2v) is 5.50. The molecule has 1 aromatic carbocycles. The highest BCUT2D eigenvalue weighted by Gasteiger charge is 2.08. The zero-order valence-corrected chi connectivity index (χ0v) is 14.4. The van der Waals surface area contributed by atoms with E-state index in [1.165, 1.54) is 0 Å². The van der Waals surface area contributed by atoms with Crippen molar-refractivity contribution >= 4 is 34.6 Å². The predicted molar refractivity (Wildman–Crippen MR) is 99.5 cm³/mol. The van der Waals surface area contributed by atoms with Crippen LogP contribution in [0.5, 0.6) is 0 Å². The van der Waals surface area contributed by atoms with E-state index in [9.17, 15) is 4.79 Å². The van der Waals surface area contributed by atoms with Crippen LogP contribution in [-0.2, 0) is 4.74 Å². The third-order valence-corrected chi connectivity index (χ3v) is 3.52. The fourth-order valence-electron chi connectivity index (χ4n) is 1.97. The van der Waals surface area contributed by atoms with Gasteiger partial charge in [0.1, 0.15) is 0 Å². The SMILES string of the molecule is COCCNC(=S)Nc1ccc(C)c(NC(=O)c2ccncc2)c1. The third kappa shape index (κ3) is 5.29. The number of nitrogens with one attached hydrogen (secondary N) is 3. The van der Waals surface area contributed by atoms with Gasteiger partial charge in [-0.15, -0.1) is 0 Å². The molecule has 0 unspecified atom stereocenters. The largest absolute Gasteiger partial charge is 0.383 e. The third-order valence-electron chi connectivity index (χ3n) is 3.28. The van der Waals surface area contributed by atoms with Gasteiger partial charge in [0.2, 0.25) is 0 Å². The number of pyridine rings is 1. The summed E-state index contributed by atoms with van der Waals surface area (Å²) in [6.07, 6.45) is 3.17. The van der Waals surface area contributed by atoms with Crippen LogP contribution in [0.2, 0.25) is 0 Å². The van der Waals surface area contributed by atoms with Gasteiger partial charge >= 0.3 is 0 Å². The Morgan fingerprint density at radius 3 is 2.67 bits per heavy atom. The van der Waals surface area contributed by atoms with E-state index in [1.807, 2.05) is 25.1 Å².